The second kappa shape index (κ2) is 4.28. The zero-order chi connectivity index (χ0) is 10.7. The van der Waals surface area contributed by atoms with E-state index in [1.165, 1.54) is 7.11 Å². The van der Waals surface area contributed by atoms with E-state index in [-0.39, 0.29) is 17.7 Å². The molecule has 0 amide bonds. The Hall–Kier alpha value is -1.29. The van der Waals surface area contributed by atoms with Crippen LogP contribution in [0.3, 0.4) is 0 Å². The molecule has 14 heavy (non-hydrogen) atoms. The minimum absolute atomic E-state index is 0.00773. The van der Waals surface area contributed by atoms with E-state index in [4.69, 9.17) is 10.2 Å². The first-order valence-electron chi connectivity index (χ1n) is 4.50. The van der Waals surface area contributed by atoms with Gasteiger partial charge < -0.3 is 14.9 Å². The smallest absolute Gasteiger partial charge is 0.373 e. The molecule has 0 radical (unpaired) electrons. The van der Waals surface area contributed by atoms with Crippen molar-refractivity contribution in [1.29, 1.82) is 0 Å². The Morgan fingerprint density at radius 2 is 2.14 bits per heavy atom. The van der Waals surface area contributed by atoms with Crippen LogP contribution in [0.2, 0.25) is 0 Å². The third kappa shape index (κ3) is 2.14. The lowest BCUT2D eigenvalue weighted by Crippen LogP contribution is -2.22. The Bertz CT molecular complexity index is 317. The quantitative estimate of drug-likeness (QED) is 0.746. The van der Waals surface area contributed by atoms with Crippen molar-refractivity contribution in [3.63, 3.8) is 0 Å². The number of carbonyl (C=O) groups is 1. The molecule has 2 unspecified atom stereocenters. The van der Waals surface area contributed by atoms with E-state index in [1.54, 1.807) is 12.1 Å². The highest BCUT2D eigenvalue weighted by Crippen LogP contribution is 2.20. The summed E-state index contributed by atoms with van der Waals surface area (Å²) in [7, 11) is 1.32. The number of ether oxygens (including phenoxy) is 1. The van der Waals surface area contributed by atoms with Gasteiger partial charge in [-0.2, -0.15) is 0 Å². The van der Waals surface area contributed by atoms with Crippen molar-refractivity contribution >= 4 is 5.97 Å². The largest absolute Gasteiger partial charge is 0.463 e. The molecule has 0 aromatic carbocycles. The Morgan fingerprint density at radius 3 is 2.64 bits per heavy atom. The maximum Gasteiger partial charge on any atom is 0.373 e. The summed E-state index contributed by atoms with van der Waals surface area (Å²) in [5.41, 5.74) is 5.71. The van der Waals surface area contributed by atoms with Crippen molar-refractivity contribution in [1.82, 2.24) is 0 Å². The van der Waals surface area contributed by atoms with Gasteiger partial charge in [-0.15, -0.1) is 0 Å². The second-order valence-corrected chi connectivity index (χ2v) is 3.34. The van der Waals surface area contributed by atoms with Crippen LogP contribution < -0.4 is 5.73 Å². The summed E-state index contributed by atoms with van der Waals surface area (Å²) >= 11 is 0. The van der Waals surface area contributed by atoms with Crippen LogP contribution in [0.1, 0.15) is 36.1 Å². The predicted octanol–water partition coefficient (Wildman–Crippen LogP) is 1.52. The standard InChI is InChI=1S/C10H15NO3/c1-6(7(2)11)8-4-5-9(14-8)10(12)13-3/h4-7H,11H2,1-3H3. The molecule has 1 aromatic heterocycles. The Kier molecular flexibility index (Phi) is 3.30. The molecule has 1 rings (SSSR count). The summed E-state index contributed by atoms with van der Waals surface area (Å²) in [5.74, 6) is 0.553. The molecule has 1 heterocycles. The summed E-state index contributed by atoms with van der Waals surface area (Å²) in [5, 5.41) is 0. The molecule has 0 spiro atoms. The highest BCUT2D eigenvalue weighted by Gasteiger charge is 2.17. The number of rotatable bonds is 3. The molecule has 0 saturated heterocycles. The van der Waals surface area contributed by atoms with Gasteiger partial charge in [0, 0.05) is 12.0 Å². The normalized spacial score (nSPS) is 14.9. The number of carbonyl (C=O) groups excluding carboxylic acids is 1. The zero-order valence-corrected chi connectivity index (χ0v) is 8.61. The van der Waals surface area contributed by atoms with Crippen LogP contribution in [0.25, 0.3) is 0 Å². The van der Waals surface area contributed by atoms with Crippen molar-refractivity contribution in [2.24, 2.45) is 5.73 Å². The first-order chi connectivity index (χ1) is 6.56. The van der Waals surface area contributed by atoms with Crippen LogP contribution in [-0.4, -0.2) is 19.1 Å². The summed E-state index contributed by atoms with van der Waals surface area (Å²) in [6.45, 7) is 3.84. The molecular formula is C10H15NO3. The number of hydrogen-bond donors (Lipinski definition) is 1. The van der Waals surface area contributed by atoms with Gasteiger partial charge in [0.1, 0.15) is 5.76 Å². The molecule has 0 bridgehead atoms. The highest BCUT2D eigenvalue weighted by molar-refractivity contribution is 5.86. The van der Waals surface area contributed by atoms with Gasteiger partial charge >= 0.3 is 5.97 Å². The van der Waals surface area contributed by atoms with Crippen molar-refractivity contribution in [3.8, 4) is 0 Å². The molecule has 1 aromatic rings. The lowest BCUT2D eigenvalue weighted by atomic mass is 10.0. The van der Waals surface area contributed by atoms with Crippen LogP contribution in [0.15, 0.2) is 16.5 Å². The first-order valence-corrected chi connectivity index (χ1v) is 4.50. The summed E-state index contributed by atoms with van der Waals surface area (Å²) in [6.07, 6.45) is 0. The fourth-order valence-corrected chi connectivity index (χ4v) is 1.07. The number of nitrogens with two attached hydrogens (primary N) is 1. The summed E-state index contributed by atoms with van der Waals surface area (Å²) in [4.78, 5) is 11.1. The SMILES string of the molecule is COC(=O)c1ccc(C(C)C(C)N)o1. The van der Waals surface area contributed by atoms with Crippen molar-refractivity contribution < 1.29 is 13.9 Å². The predicted molar refractivity (Wildman–Crippen MR) is 52.1 cm³/mol. The van der Waals surface area contributed by atoms with Gasteiger partial charge in [0.15, 0.2) is 0 Å². The Morgan fingerprint density at radius 1 is 1.50 bits per heavy atom. The minimum atomic E-state index is -0.465. The van der Waals surface area contributed by atoms with Gasteiger partial charge in [-0.3, -0.25) is 0 Å². The molecule has 0 aliphatic carbocycles. The highest BCUT2D eigenvalue weighted by atomic mass is 16.5. The van der Waals surface area contributed by atoms with Crippen LogP contribution in [-0.2, 0) is 4.74 Å². The lowest BCUT2D eigenvalue weighted by Gasteiger charge is -2.11. The maximum atomic E-state index is 11.1. The third-order valence-electron chi connectivity index (χ3n) is 2.25. The topological polar surface area (TPSA) is 65.5 Å². The lowest BCUT2D eigenvalue weighted by molar-refractivity contribution is 0.0562. The van der Waals surface area contributed by atoms with E-state index in [2.05, 4.69) is 4.74 Å². The molecule has 4 nitrogen and oxygen atoms in total. The third-order valence-corrected chi connectivity index (χ3v) is 2.25. The van der Waals surface area contributed by atoms with Crippen molar-refractivity contribution in [2.45, 2.75) is 25.8 Å². The van der Waals surface area contributed by atoms with Crippen LogP contribution >= 0.6 is 0 Å². The van der Waals surface area contributed by atoms with Gasteiger partial charge in [0.25, 0.3) is 0 Å². The van der Waals surface area contributed by atoms with E-state index in [9.17, 15) is 4.79 Å². The Labute approximate surface area is 83.0 Å². The summed E-state index contributed by atoms with van der Waals surface area (Å²) < 4.78 is 9.83. The van der Waals surface area contributed by atoms with Gasteiger partial charge in [-0.25, -0.2) is 4.79 Å². The zero-order valence-electron chi connectivity index (χ0n) is 8.61. The van der Waals surface area contributed by atoms with E-state index >= 15 is 0 Å². The van der Waals surface area contributed by atoms with E-state index in [1.807, 2.05) is 13.8 Å². The van der Waals surface area contributed by atoms with Crippen LogP contribution in [0.4, 0.5) is 0 Å². The average Bonchev–Trinajstić information content (AvgIpc) is 2.64. The van der Waals surface area contributed by atoms with Gasteiger partial charge in [-0.05, 0) is 19.1 Å². The van der Waals surface area contributed by atoms with Crippen LogP contribution in [0.5, 0.6) is 0 Å². The minimum Gasteiger partial charge on any atom is -0.463 e. The molecule has 4 heteroatoms. The Balaban J connectivity index is 2.82. The van der Waals surface area contributed by atoms with Gasteiger partial charge in [0.05, 0.1) is 7.11 Å². The van der Waals surface area contributed by atoms with Crippen molar-refractivity contribution in [2.75, 3.05) is 7.11 Å². The fraction of sp³-hybridized carbons (Fsp3) is 0.500. The molecule has 0 saturated carbocycles. The molecular weight excluding hydrogens is 182 g/mol. The number of methoxy groups -OCH3 is 1. The van der Waals surface area contributed by atoms with E-state index in [0.717, 1.165) is 0 Å². The maximum absolute atomic E-state index is 11.1. The molecule has 0 aliphatic heterocycles. The molecule has 78 valence electrons. The monoisotopic (exact) mass is 197 g/mol. The molecule has 2 N–H and O–H groups in total. The van der Waals surface area contributed by atoms with Crippen LogP contribution in [0, 0.1) is 0 Å². The molecule has 0 aliphatic rings. The molecule has 2 atom stereocenters. The average molecular weight is 197 g/mol. The van der Waals surface area contributed by atoms with Gasteiger partial charge in [0.2, 0.25) is 5.76 Å². The molecule has 0 fully saturated rings. The second-order valence-electron chi connectivity index (χ2n) is 3.34. The van der Waals surface area contributed by atoms with Gasteiger partial charge in [-0.1, -0.05) is 6.92 Å². The first kappa shape index (κ1) is 10.8. The number of hydrogen-bond acceptors (Lipinski definition) is 4. The number of esters is 1. The summed E-state index contributed by atoms with van der Waals surface area (Å²) in [6, 6.07) is 3.34. The van der Waals surface area contributed by atoms with E-state index in [0.29, 0.717) is 5.76 Å². The number of furan rings is 1. The van der Waals surface area contributed by atoms with Crippen molar-refractivity contribution in [3.05, 3.63) is 23.7 Å². The van der Waals surface area contributed by atoms with E-state index < -0.39 is 5.97 Å². The fourth-order valence-electron chi connectivity index (χ4n) is 1.07.